The molecule has 3 aromatic rings. The van der Waals surface area contributed by atoms with Crippen molar-refractivity contribution in [1.82, 2.24) is 4.72 Å². The number of pyridine rings is 1. The fourth-order valence-electron chi connectivity index (χ4n) is 2.64. The van der Waals surface area contributed by atoms with Crippen molar-refractivity contribution < 1.29 is 21.4 Å². The Morgan fingerprint density at radius 3 is 2.06 bits per heavy atom. The lowest BCUT2D eigenvalue weighted by atomic mass is 10.4. The highest BCUT2D eigenvalue weighted by atomic mass is 35.5. The third-order valence-corrected chi connectivity index (χ3v) is 8.00. The van der Waals surface area contributed by atoms with Crippen LogP contribution in [0.3, 0.4) is 0 Å². The summed E-state index contributed by atoms with van der Waals surface area (Å²) in [6.45, 7) is 0. The van der Waals surface area contributed by atoms with E-state index in [0.717, 1.165) is 5.69 Å². The molecule has 1 N–H and O–H groups in total. The molecule has 0 atom stereocenters. The summed E-state index contributed by atoms with van der Waals surface area (Å²) in [4.78, 5) is 1.56. The van der Waals surface area contributed by atoms with Crippen LogP contribution < -0.4 is 14.2 Å². The number of aromatic nitrogens is 1. The second-order valence-electron chi connectivity index (χ2n) is 6.92. The quantitative estimate of drug-likeness (QED) is 0.222. The predicted octanol–water partition coefficient (Wildman–Crippen LogP) is 3.21. The van der Waals surface area contributed by atoms with Crippen LogP contribution in [0.1, 0.15) is 0 Å². The molecule has 0 aliphatic rings. The van der Waals surface area contributed by atoms with E-state index in [9.17, 15) is 16.8 Å². The summed E-state index contributed by atoms with van der Waals surface area (Å²) in [5.74, 6) is -0.460. The Kier molecular flexibility index (Phi) is 7.59. The summed E-state index contributed by atoms with van der Waals surface area (Å²) in [5, 5.41) is 0.642. The highest BCUT2D eigenvalue weighted by molar-refractivity contribution is 7.91. The van der Waals surface area contributed by atoms with Gasteiger partial charge in [0, 0.05) is 39.1 Å². The van der Waals surface area contributed by atoms with Crippen LogP contribution in [-0.2, 0) is 20.0 Å². The third-order valence-electron chi connectivity index (χ3n) is 4.33. The summed E-state index contributed by atoms with van der Waals surface area (Å²) in [6, 6.07) is 12.7. The smallest absolute Gasteiger partial charge is 0.377 e. The lowest BCUT2D eigenvalue weighted by molar-refractivity contribution is -0.558. The van der Waals surface area contributed by atoms with Gasteiger partial charge in [-0.2, -0.15) is 21.6 Å². The molecule has 0 aliphatic carbocycles. The van der Waals surface area contributed by atoms with E-state index < -0.39 is 26.0 Å². The molecule has 174 valence electrons. The van der Waals surface area contributed by atoms with Gasteiger partial charge in [-0.15, -0.1) is 12.6 Å². The monoisotopic (exact) mass is 545 g/mol. The number of anilines is 1. The first-order valence-electron chi connectivity index (χ1n) is 9.20. The second kappa shape index (κ2) is 9.90. The molecule has 0 aliphatic heterocycles. The molecule has 2 aromatic carbocycles. The molecule has 0 spiro atoms. The molecule has 0 saturated carbocycles. The van der Waals surface area contributed by atoms with E-state index >= 15 is 0 Å². The molecular weight excluding hydrogens is 527 g/mol. The van der Waals surface area contributed by atoms with Crippen molar-refractivity contribution in [3.63, 3.8) is 0 Å². The molecule has 0 bridgehead atoms. The van der Waals surface area contributed by atoms with Crippen LogP contribution in [0.4, 0.5) is 5.69 Å². The van der Waals surface area contributed by atoms with Gasteiger partial charge in [0.15, 0.2) is 0 Å². The molecule has 1 heterocycles. The van der Waals surface area contributed by atoms with Gasteiger partial charge >= 0.3 is 26.0 Å². The molecule has 0 saturated heterocycles. The highest BCUT2D eigenvalue weighted by Crippen LogP contribution is 2.23. The lowest BCUT2D eigenvalue weighted by Crippen LogP contribution is -2.53. The number of thiol groups is 1. The van der Waals surface area contributed by atoms with Gasteiger partial charge in [0.05, 0.1) is 12.4 Å². The van der Waals surface area contributed by atoms with Gasteiger partial charge in [-0.3, -0.25) is 0 Å². The molecule has 0 unspecified atom stereocenters. The Balaban J connectivity index is 2.12. The second-order valence-corrected chi connectivity index (χ2v) is 11.5. The van der Waals surface area contributed by atoms with Crippen LogP contribution in [0.2, 0.25) is 10.0 Å². The van der Waals surface area contributed by atoms with Crippen molar-refractivity contribution in [2.75, 3.05) is 19.0 Å². The summed E-state index contributed by atoms with van der Waals surface area (Å²) >= 11 is 15.9. The standard InChI is InChI=1S/C20H18Cl2N4O4S3/c1-25(2)16-9-11-26(12-10-16)20(23-32(27,28)17-6-3-14(21)4-7-17)24-33(29,30)19-8-5-15(22)13-18(19)31/h3-13H,1-2H3,(H-,23,24,31)/p+1. The summed E-state index contributed by atoms with van der Waals surface area (Å²) in [5.41, 5.74) is 0.810. The zero-order chi connectivity index (χ0) is 24.4. The van der Waals surface area contributed by atoms with Gasteiger partial charge in [0.1, 0.15) is 9.79 Å². The molecular formula is C20H19Cl2N4O4S3+. The topological polar surface area (TPSA) is 99.8 Å². The van der Waals surface area contributed by atoms with E-state index in [1.807, 2.05) is 19.0 Å². The summed E-state index contributed by atoms with van der Waals surface area (Å²) < 4.78 is 59.2. The SMILES string of the molecule is CN(C)c1cc[n+](C(=NS(=O)(=O)c2ccc(Cl)cc2)NS(=O)(=O)c2ccc(Cl)cc2S)cc1. The lowest BCUT2D eigenvalue weighted by Gasteiger charge is -2.12. The minimum absolute atomic E-state index is 0.0860. The minimum atomic E-state index is -4.29. The van der Waals surface area contributed by atoms with Crippen LogP contribution in [0.25, 0.3) is 0 Å². The van der Waals surface area contributed by atoms with Gasteiger partial charge in [0.25, 0.3) is 0 Å². The molecule has 13 heteroatoms. The Bertz CT molecular complexity index is 1410. The number of nitrogens with one attached hydrogen (secondary N) is 1. The molecule has 1 aromatic heterocycles. The number of halogens is 2. The average Bonchev–Trinajstić information content (AvgIpc) is 2.73. The van der Waals surface area contributed by atoms with Crippen LogP contribution in [0.5, 0.6) is 0 Å². The van der Waals surface area contributed by atoms with Crippen LogP contribution in [0, 0.1) is 0 Å². The highest BCUT2D eigenvalue weighted by Gasteiger charge is 2.30. The third kappa shape index (κ3) is 6.18. The van der Waals surface area contributed by atoms with Crippen LogP contribution in [0.15, 0.2) is 86.1 Å². The van der Waals surface area contributed by atoms with E-state index in [0.29, 0.717) is 10.0 Å². The fourth-order valence-corrected chi connectivity index (χ4v) is 5.68. The molecule has 3 rings (SSSR count). The average molecular weight is 547 g/mol. The van der Waals surface area contributed by atoms with Crippen molar-refractivity contribution >= 4 is 67.5 Å². The van der Waals surface area contributed by atoms with E-state index in [1.165, 1.54) is 59.4 Å². The Labute approximate surface area is 208 Å². The normalized spacial score (nSPS) is 12.5. The number of hydrogen-bond acceptors (Lipinski definition) is 6. The van der Waals surface area contributed by atoms with E-state index in [4.69, 9.17) is 23.2 Å². The van der Waals surface area contributed by atoms with Gasteiger partial charge in [0.2, 0.25) is 0 Å². The maximum Gasteiger partial charge on any atom is 0.423 e. The van der Waals surface area contributed by atoms with E-state index in [-0.39, 0.29) is 14.7 Å². The van der Waals surface area contributed by atoms with E-state index in [1.54, 1.807) is 12.1 Å². The van der Waals surface area contributed by atoms with Crippen molar-refractivity contribution in [3.05, 3.63) is 77.0 Å². The van der Waals surface area contributed by atoms with Crippen LogP contribution in [-0.4, -0.2) is 36.9 Å². The summed E-state index contributed by atoms with van der Waals surface area (Å²) in [6.07, 6.45) is 2.97. The van der Waals surface area contributed by atoms with Crippen molar-refractivity contribution in [1.29, 1.82) is 0 Å². The van der Waals surface area contributed by atoms with Gasteiger partial charge < -0.3 is 4.90 Å². The van der Waals surface area contributed by atoms with Gasteiger partial charge in [-0.25, -0.2) is 4.57 Å². The number of benzene rings is 2. The fraction of sp³-hybridized carbons (Fsp3) is 0.100. The van der Waals surface area contributed by atoms with Crippen molar-refractivity contribution in [2.24, 2.45) is 4.40 Å². The number of hydrogen-bond donors (Lipinski definition) is 2. The Hall–Kier alpha value is -2.31. The molecule has 8 nitrogen and oxygen atoms in total. The van der Waals surface area contributed by atoms with Crippen LogP contribution >= 0.6 is 35.8 Å². The molecule has 33 heavy (non-hydrogen) atoms. The first-order chi connectivity index (χ1) is 15.4. The van der Waals surface area contributed by atoms with Crippen molar-refractivity contribution in [3.8, 4) is 0 Å². The zero-order valence-electron chi connectivity index (χ0n) is 17.3. The molecule has 0 radical (unpaired) electrons. The Morgan fingerprint density at radius 2 is 1.52 bits per heavy atom. The van der Waals surface area contributed by atoms with E-state index in [2.05, 4.69) is 21.7 Å². The Morgan fingerprint density at radius 1 is 0.939 bits per heavy atom. The number of sulfonamides is 2. The minimum Gasteiger partial charge on any atom is -0.377 e. The van der Waals surface area contributed by atoms with Gasteiger partial charge in [-0.05, 0) is 54.6 Å². The van der Waals surface area contributed by atoms with Gasteiger partial charge in [-0.1, -0.05) is 23.2 Å². The van der Waals surface area contributed by atoms with Crippen molar-refractivity contribution in [2.45, 2.75) is 14.7 Å². The number of nitrogens with zero attached hydrogens (tertiary/aromatic N) is 3. The molecule has 0 amide bonds. The first kappa shape index (κ1) is 25.3. The molecule has 0 fully saturated rings. The predicted molar refractivity (Wildman–Crippen MR) is 131 cm³/mol. The maximum atomic E-state index is 13.1. The maximum absolute atomic E-state index is 13.1. The summed E-state index contributed by atoms with van der Waals surface area (Å²) in [7, 11) is -4.91. The number of rotatable bonds is 5. The zero-order valence-corrected chi connectivity index (χ0v) is 21.4. The first-order valence-corrected chi connectivity index (χ1v) is 13.3. The largest absolute Gasteiger partial charge is 0.423 e.